The second kappa shape index (κ2) is 8.12. The number of rotatable bonds is 5. The van der Waals surface area contributed by atoms with Gasteiger partial charge in [0.2, 0.25) is 5.95 Å². The first-order valence-corrected chi connectivity index (χ1v) is 10.3. The number of carbonyl (C=O) groups is 1. The summed E-state index contributed by atoms with van der Waals surface area (Å²) in [6.45, 7) is 1.04. The SMILES string of the molecule is O=C(OCc1csc(C2CCCC2)n1)[C@H]1CCCCN1c1ncccn1. The van der Waals surface area contributed by atoms with Gasteiger partial charge in [-0.15, -0.1) is 11.3 Å². The summed E-state index contributed by atoms with van der Waals surface area (Å²) in [5, 5.41) is 3.23. The van der Waals surface area contributed by atoms with Crippen molar-refractivity contribution in [3.05, 3.63) is 34.5 Å². The zero-order valence-electron chi connectivity index (χ0n) is 14.8. The molecule has 0 N–H and O–H groups in total. The zero-order chi connectivity index (χ0) is 17.8. The molecule has 0 bridgehead atoms. The molecule has 0 amide bonds. The minimum absolute atomic E-state index is 0.201. The van der Waals surface area contributed by atoms with Crippen molar-refractivity contribution in [2.24, 2.45) is 0 Å². The third-order valence-corrected chi connectivity index (χ3v) is 6.28. The summed E-state index contributed by atoms with van der Waals surface area (Å²) in [6, 6.07) is 1.48. The molecule has 1 aliphatic carbocycles. The fourth-order valence-corrected chi connectivity index (χ4v) is 4.82. The van der Waals surface area contributed by atoms with Gasteiger partial charge < -0.3 is 9.64 Å². The van der Waals surface area contributed by atoms with Crippen molar-refractivity contribution in [1.82, 2.24) is 15.0 Å². The number of thiazole rings is 1. The van der Waals surface area contributed by atoms with Crippen molar-refractivity contribution >= 4 is 23.3 Å². The molecule has 1 aliphatic heterocycles. The van der Waals surface area contributed by atoms with E-state index in [0.29, 0.717) is 11.9 Å². The van der Waals surface area contributed by atoms with Crippen molar-refractivity contribution < 1.29 is 9.53 Å². The van der Waals surface area contributed by atoms with E-state index in [9.17, 15) is 4.79 Å². The number of esters is 1. The Morgan fingerprint density at radius 1 is 1.15 bits per heavy atom. The summed E-state index contributed by atoms with van der Waals surface area (Å²) in [5.41, 5.74) is 0.864. The predicted molar refractivity (Wildman–Crippen MR) is 100 cm³/mol. The van der Waals surface area contributed by atoms with Gasteiger partial charge in [-0.25, -0.2) is 19.7 Å². The number of piperidine rings is 1. The highest BCUT2D eigenvalue weighted by Gasteiger charge is 2.31. The molecule has 2 aromatic heterocycles. The van der Waals surface area contributed by atoms with Crippen LogP contribution in [0.15, 0.2) is 23.8 Å². The number of aromatic nitrogens is 3. The lowest BCUT2D eigenvalue weighted by Gasteiger charge is -2.33. The second-order valence-electron chi connectivity index (χ2n) is 7.02. The molecule has 0 spiro atoms. The molecule has 1 saturated carbocycles. The quantitative estimate of drug-likeness (QED) is 0.746. The molecular weight excluding hydrogens is 348 g/mol. The Labute approximate surface area is 157 Å². The Hall–Kier alpha value is -2.02. The van der Waals surface area contributed by atoms with Gasteiger partial charge in [-0.3, -0.25) is 0 Å². The molecule has 4 rings (SSSR count). The van der Waals surface area contributed by atoms with E-state index in [1.807, 2.05) is 10.3 Å². The van der Waals surface area contributed by atoms with Crippen LogP contribution in [0.25, 0.3) is 0 Å². The van der Waals surface area contributed by atoms with Crippen molar-refractivity contribution in [3.8, 4) is 0 Å². The summed E-state index contributed by atoms with van der Waals surface area (Å²) in [5.74, 6) is 1.01. The van der Waals surface area contributed by atoms with Crippen LogP contribution >= 0.6 is 11.3 Å². The van der Waals surface area contributed by atoms with Crippen molar-refractivity contribution in [2.75, 3.05) is 11.4 Å². The largest absolute Gasteiger partial charge is 0.458 e. The van der Waals surface area contributed by atoms with Gasteiger partial charge in [0.05, 0.1) is 10.7 Å². The van der Waals surface area contributed by atoms with E-state index in [1.54, 1.807) is 29.8 Å². The highest BCUT2D eigenvalue weighted by molar-refractivity contribution is 7.09. The standard InChI is InChI=1S/C19H24N4O2S/c24-18(16-8-3-4-11-23(16)19-20-9-5-10-21-19)25-12-15-13-26-17(22-15)14-6-1-2-7-14/h5,9-10,13-14,16H,1-4,6-8,11-12H2/t16-/m1/s1. The summed E-state index contributed by atoms with van der Waals surface area (Å²) in [6.07, 6.45) is 11.3. The van der Waals surface area contributed by atoms with Gasteiger partial charge in [-0.1, -0.05) is 12.8 Å². The van der Waals surface area contributed by atoms with Crippen LogP contribution in [-0.2, 0) is 16.1 Å². The van der Waals surface area contributed by atoms with E-state index < -0.39 is 0 Å². The molecule has 3 heterocycles. The molecule has 2 aromatic rings. The molecular formula is C19H24N4O2S. The average Bonchev–Trinajstić information content (AvgIpc) is 3.38. The lowest BCUT2D eigenvalue weighted by atomic mass is 10.0. The molecule has 0 unspecified atom stereocenters. The molecule has 6 nitrogen and oxygen atoms in total. The van der Waals surface area contributed by atoms with E-state index in [2.05, 4.69) is 15.0 Å². The molecule has 26 heavy (non-hydrogen) atoms. The Morgan fingerprint density at radius 3 is 2.73 bits per heavy atom. The van der Waals surface area contributed by atoms with E-state index in [4.69, 9.17) is 4.74 Å². The van der Waals surface area contributed by atoms with Crippen LogP contribution in [0.5, 0.6) is 0 Å². The first kappa shape index (κ1) is 17.4. The first-order chi connectivity index (χ1) is 12.8. The molecule has 1 atom stereocenters. The third-order valence-electron chi connectivity index (χ3n) is 5.22. The molecule has 2 fully saturated rings. The minimum Gasteiger partial charge on any atom is -0.458 e. The van der Waals surface area contributed by atoms with Gasteiger partial charge in [0.1, 0.15) is 12.6 Å². The molecule has 7 heteroatoms. The number of hydrogen-bond donors (Lipinski definition) is 0. The molecule has 0 radical (unpaired) electrons. The third kappa shape index (κ3) is 3.87. The maximum absolute atomic E-state index is 12.7. The number of carbonyl (C=O) groups excluding carboxylic acids is 1. The summed E-state index contributed by atoms with van der Waals surface area (Å²) >= 11 is 1.70. The van der Waals surface area contributed by atoms with Gasteiger partial charge in [0.15, 0.2) is 0 Å². The van der Waals surface area contributed by atoms with Gasteiger partial charge in [0.25, 0.3) is 0 Å². The monoisotopic (exact) mass is 372 g/mol. The zero-order valence-corrected chi connectivity index (χ0v) is 15.7. The van der Waals surface area contributed by atoms with E-state index in [-0.39, 0.29) is 18.6 Å². The van der Waals surface area contributed by atoms with Gasteiger partial charge in [-0.05, 0) is 38.2 Å². The fraction of sp³-hybridized carbons (Fsp3) is 0.579. The molecule has 2 aliphatic rings. The molecule has 138 valence electrons. The second-order valence-corrected chi connectivity index (χ2v) is 7.91. The number of ether oxygens (including phenoxy) is 1. The van der Waals surface area contributed by atoms with Gasteiger partial charge in [0, 0.05) is 30.2 Å². The molecule has 0 aromatic carbocycles. The number of hydrogen-bond acceptors (Lipinski definition) is 7. The number of anilines is 1. The average molecular weight is 372 g/mol. The normalized spacial score (nSPS) is 21.1. The summed E-state index contributed by atoms with van der Waals surface area (Å²) < 4.78 is 5.60. The Balaban J connectivity index is 1.37. The lowest BCUT2D eigenvalue weighted by molar-refractivity contribution is -0.147. The van der Waals surface area contributed by atoms with Crippen molar-refractivity contribution in [1.29, 1.82) is 0 Å². The smallest absolute Gasteiger partial charge is 0.329 e. The summed E-state index contributed by atoms with van der Waals surface area (Å²) in [7, 11) is 0. The summed E-state index contributed by atoms with van der Waals surface area (Å²) in [4.78, 5) is 27.9. The highest BCUT2D eigenvalue weighted by atomic mass is 32.1. The van der Waals surface area contributed by atoms with Crippen LogP contribution < -0.4 is 4.90 Å². The fourth-order valence-electron chi connectivity index (χ4n) is 3.85. The van der Waals surface area contributed by atoms with Gasteiger partial charge in [-0.2, -0.15) is 0 Å². The maximum Gasteiger partial charge on any atom is 0.329 e. The predicted octanol–water partition coefficient (Wildman–Crippen LogP) is 3.69. The van der Waals surface area contributed by atoms with Crippen molar-refractivity contribution in [2.45, 2.75) is 63.5 Å². The Morgan fingerprint density at radius 2 is 1.92 bits per heavy atom. The number of nitrogens with zero attached hydrogens (tertiary/aromatic N) is 4. The first-order valence-electron chi connectivity index (χ1n) is 9.46. The van der Waals surface area contributed by atoms with Crippen molar-refractivity contribution in [3.63, 3.8) is 0 Å². The van der Waals surface area contributed by atoms with E-state index >= 15 is 0 Å². The maximum atomic E-state index is 12.7. The Kier molecular flexibility index (Phi) is 5.43. The van der Waals surface area contributed by atoms with Crippen LogP contribution in [0.4, 0.5) is 5.95 Å². The highest BCUT2D eigenvalue weighted by Crippen LogP contribution is 2.35. The Bertz CT molecular complexity index is 730. The lowest BCUT2D eigenvalue weighted by Crippen LogP contribution is -2.46. The van der Waals surface area contributed by atoms with Crippen LogP contribution in [0, 0.1) is 0 Å². The van der Waals surface area contributed by atoms with Crippen LogP contribution in [0.3, 0.4) is 0 Å². The topological polar surface area (TPSA) is 68.2 Å². The van der Waals surface area contributed by atoms with E-state index in [1.165, 1.54) is 30.7 Å². The van der Waals surface area contributed by atoms with Crippen LogP contribution in [0.1, 0.15) is 61.6 Å². The minimum atomic E-state index is -0.306. The van der Waals surface area contributed by atoms with E-state index in [0.717, 1.165) is 31.5 Å². The van der Waals surface area contributed by atoms with Crippen LogP contribution in [-0.4, -0.2) is 33.5 Å². The van der Waals surface area contributed by atoms with Gasteiger partial charge >= 0.3 is 5.97 Å². The van der Waals surface area contributed by atoms with Crippen LogP contribution in [0.2, 0.25) is 0 Å². The molecule has 1 saturated heterocycles.